The van der Waals surface area contributed by atoms with Crippen LogP contribution in [-0.2, 0) is 4.92 Å². The summed E-state index contributed by atoms with van der Waals surface area (Å²) in [7, 11) is 0. The van der Waals surface area contributed by atoms with Crippen molar-refractivity contribution in [3.05, 3.63) is 0 Å². The molecule has 14 heavy (non-hydrogen) atoms. The summed E-state index contributed by atoms with van der Waals surface area (Å²) in [6.45, 7) is 4.49. The van der Waals surface area contributed by atoms with Gasteiger partial charge in [-0.15, -0.1) is 24.0 Å². The van der Waals surface area contributed by atoms with Crippen LogP contribution in [-0.4, -0.2) is 0 Å². The number of unbranched alkanes of at least 4 members (excludes halogenated alkanes) is 4. The fraction of sp³-hybridized carbons (Fsp3) is 1.00. The van der Waals surface area contributed by atoms with Gasteiger partial charge in [-0.05, 0) is 0 Å². The zero-order chi connectivity index (χ0) is 9.11. The van der Waals surface area contributed by atoms with Crippen LogP contribution in [0.1, 0.15) is 60.8 Å². The molecule has 0 bridgehead atoms. The molecule has 0 spiro atoms. The number of halogens is 4. The molecular formula is C9H25I4V. The Kier molecular flexibility index (Phi) is 65.3. The Morgan fingerprint density at radius 2 is 1.00 bits per heavy atom. The topological polar surface area (TPSA) is 0 Å². The third-order valence-electron chi connectivity index (χ3n) is 1.21. The molecule has 0 N–H and O–H groups in total. The third-order valence-corrected chi connectivity index (χ3v) is 1.21. The maximum atomic E-state index is 2.46. The number of hydrogen-bond donors (Lipinski definition) is 0. The quantitative estimate of drug-likeness (QED) is 0.212. The summed E-state index contributed by atoms with van der Waals surface area (Å²) >= 11 is 7.39. The predicted octanol–water partition coefficient (Wildman–Crippen LogP) is 7.52. The standard InChI is InChI=1S/C7H16.2CH4.4HI.V/c1-3-5-7-6-4-2;;;;;;;/h3-7H2,1-2H3;2*1H4;4*1H;/q;;;;;;;+3/p-3. The Balaban J connectivity index is -0.0000000347. The molecule has 0 aromatic rings. The summed E-state index contributed by atoms with van der Waals surface area (Å²) in [5.74, 6) is 0. The van der Waals surface area contributed by atoms with Crippen molar-refractivity contribution in [3.63, 3.8) is 0 Å². The predicted molar refractivity (Wildman–Crippen MR) is 105 cm³/mol. The summed E-state index contributed by atoms with van der Waals surface area (Å²) in [6, 6.07) is 0. The van der Waals surface area contributed by atoms with Crippen LogP contribution in [0.25, 0.3) is 0 Å². The summed E-state index contributed by atoms with van der Waals surface area (Å²) in [5.41, 5.74) is 0. The fourth-order valence-corrected chi connectivity index (χ4v) is 0.677. The molecule has 0 aromatic heterocycles. The van der Waals surface area contributed by atoms with Gasteiger partial charge in [-0.1, -0.05) is 60.8 Å². The van der Waals surface area contributed by atoms with Crippen molar-refractivity contribution in [1.82, 2.24) is 0 Å². The van der Waals surface area contributed by atoms with E-state index in [0.29, 0.717) is 0 Å². The van der Waals surface area contributed by atoms with E-state index in [4.69, 9.17) is 0 Å². The van der Waals surface area contributed by atoms with E-state index < -0.39 is 0 Å². The van der Waals surface area contributed by atoms with Crippen molar-refractivity contribution >= 4 is 83.9 Å². The van der Waals surface area contributed by atoms with Crippen LogP contribution in [0.3, 0.4) is 0 Å². The second kappa shape index (κ2) is 30.0. The van der Waals surface area contributed by atoms with E-state index in [-0.39, 0.29) is 43.8 Å². The Labute approximate surface area is 147 Å². The van der Waals surface area contributed by atoms with Gasteiger partial charge in [-0.25, -0.2) is 0 Å². The van der Waals surface area contributed by atoms with Gasteiger partial charge in [0.1, 0.15) is 0 Å². The number of rotatable bonds is 4. The van der Waals surface area contributed by atoms with E-state index in [1.165, 1.54) is 32.1 Å². The first-order valence-electron chi connectivity index (χ1n) is 3.92. The molecule has 0 aliphatic rings. The zero-order valence-electron chi connectivity index (χ0n) is 7.52. The van der Waals surface area contributed by atoms with Crippen LogP contribution >= 0.6 is 83.9 Å². The first-order chi connectivity index (χ1) is 5.15. The van der Waals surface area contributed by atoms with Crippen molar-refractivity contribution in [2.24, 2.45) is 0 Å². The van der Waals surface area contributed by atoms with Gasteiger partial charge < -0.3 is 0 Å². The molecule has 0 saturated heterocycles. The molecule has 0 aliphatic heterocycles. The second-order valence-corrected chi connectivity index (χ2v) is 37.6. The molecule has 0 atom stereocenters. The van der Waals surface area contributed by atoms with Crippen LogP contribution in [0, 0.1) is 0 Å². The first kappa shape index (κ1) is 30.5. The van der Waals surface area contributed by atoms with E-state index in [1.54, 1.807) is 0 Å². The van der Waals surface area contributed by atoms with E-state index in [1.807, 2.05) is 0 Å². The number of hydrogen-bond acceptors (Lipinski definition) is 0. The third kappa shape index (κ3) is 57.9. The molecule has 0 saturated carbocycles. The van der Waals surface area contributed by atoms with Crippen molar-refractivity contribution in [3.8, 4) is 0 Å². The molecule has 0 nitrogen and oxygen atoms in total. The molecule has 0 fully saturated rings. The molecular weight excluding hydrogens is 667 g/mol. The Morgan fingerprint density at radius 3 is 1.14 bits per heavy atom. The molecule has 0 radical (unpaired) electrons. The van der Waals surface area contributed by atoms with Gasteiger partial charge in [0.15, 0.2) is 0 Å². The zero-order valence-corrected chi connectivity index (χ0v) is 17.7. The average molecular weight is 692 g/mol. The van der Waals surface area contributed by atoms with Crippen molar-refractivity contribution in [2.75, 3.05) is 0 Å². The first-order valence-corrected chi connectivity index (χ1v) is 17.4. The Hall–Kier alpha value is 3.50. The molecule has 94 valence electrons. The van der Waals surface area contributed by atoms with Crippen LogP contribution in [0.4, 0.5) is 0 Å². The Morgan fingerprint density at radius 1 is 0.786 bits per heavy atom. The van der Waals surface area contributed by atoms with Gasteiger partial charge in [0.25, 0.3) is 0 Å². The van der Waals surface area contributed by atoms with Crippen molar-refractivity contribution in [2.45, 2.75) is 60.8 Å². The Bertz CT molecular complexity index is 56.0. The van der Waals surface area contributed by atoms with Crippen LogP contribution in [0.2, 0.25) is 0 Å². The van der Waals surface area contributed by atoms with Crippen LogP contribution in [0.5, 0.6) is 0 Å². The minimum absolute atomic E-state index is 0. The van der Waals surface area contributed by atoms with Crippen LogP contribution in [0.15, 0.2) is 0 Å². The summed E-state index contributed by atoms with van der Waals surface area (Å²) in [5, 5.41) is 0. The maximum absolute atomic E-state index is 2.46. The molecule has 0 amide bonds. The average Bonchev–Trinajstić information content (AvgIpc) is 1.88. The van der Waals surface area contributed by atoms with E-state index in [9.17, 15) is 0 Å². The SMILES string of the molecule is C.C.CCCCCCC.I.[I][V]([I])[I]. The molecule has 0 aromatic carbocycles. The monoisotopic (exact) mass is 692 g/mol. The molecule has 5 heteroatoms. The van der Waals surface area contributed by atoms with Gasteiger partial charge in [-0.2, -0.15) is 0 Å². The van der Waals surface area contributed by atoms with Gasteiger partial charge in [0, 0.05) is 0 Å². The molecule has 0 unspecified atom stereocenters. The van der Waals surface area contributed by atoms with E-state index >= 15 is 0 Å². The summed E-state index contributed by atoms with van der Waals surface area (Å²) in [6.07, 6.45) is 7.01. The molecule has 0 aliphatic carbocycles. The van der Waals surface area contributed by atoms with Gasteiger partial charge in [-0.3, -0.25) is 0 Å². The van der Waals surface area contributed by atoms with Crippen molar-refractivity contribution < 1.29 is 4.92 Å². The van der Waals surface area contributed by atoms with E-state index in [2.05, 4.69) is 73.8 Å². The summed E-state index contributed by atoms with van der Waals surface area (Å²) in [4.78, 5) is -0.278. The van der Waals surface area contributed by atoms with Crippen molar-refractivity contribution in [1.29, 1.82) is 0 Å². The fourth-order valence-electron chi connectivity index (χ4n) is 0.677. The normalized spacial score (nSPS) is 7.29. The van der Waals surface area contributed by atoms with E-state index in [0.717, 1.165) is 0 Å². The second-order valence-electron chi connectivity index (χ2n) is 2.25. The van der Waals surface area contributed by atoms with Gasteiger partial charge in [0.2, 0.25) is 0 Å². The van der Waals surface area contributed by atoms with Gasteiger partial charge >= 0.3 is 64.9 Å². The minimum atomic E-state index is -0.278. The molecule has 0 heterocycles. The molecule has 0 rings (SSSR count). The summed E-state index contributed by atoms with van der Waals surface area (Å²) < 4.78 is 0. The van der Waals surface area contributed by atoms with Crippen LogP contribution < -0.4 is 0 Å². The van der Waals surface area contributed by atoms with Gasteiger partial charge in [0.05, 0.1) is 0 Å².